The Kier molecular flexibility index (Phi) is 4.24. The maximum atomic E-state index is 11.2. The number of pyridine rings is 1. The summed E-state index contributed by atoms with van der Waals surface area (Å²) < 4.78 is 0. The molecule has 1 aliphatic carbocycles. The molecule has 2 rings (SSSR count). The predicted molar refractivity (Wildman–Crippen MR) is 70.2 cm³/mol. The smallest absolute Gasteiger partial charge is 0.338 e. The van der Waals surface area contributed by atoms with Crippen LogP contribution in [0.5, 0.6) is 0 Å². The first-order chi connectivity index (χ1) is 8.61. The molecule has 98 valence electrons. The average Bonchev–Trinajstić information content (AvgIpc) is 2.81. The summed E-state index contributed by atoms with van der Waals surface area (Å²) in [4.78, 5) is 15.7. The van der Waals surface area contributed by atoms with E-state index in [9.17, 15) is 9.90 Å². The quantitative estimate of drug-likeness (QED) is 0.798. The third-order valence-electron chi connectivity index (χ3n) is 3.06. The van der Waals surface area contributed by atoms with Crippen LogP contribution in [-0.2, 0) is 12.8 Å². The molecule has 4 nitrogen and oxygen atoms in total. The second-order valence-corrected chi connectivity index (χ2v) is 5.71. The largest absolute Gasteiger partial charge is 0.478 e. The summed E-state index contributed by atoms with van der Waals surface area (Å²) in [7, 11) is 0. The zero-order chi connectivity index (χ0) is 13.1. The molecule has 0 saturated heterocycles. The van der Waals surface area contributed by atoms with Crippen molar-refractivity contribution in [1.82, 2.24) is 4.98 Å². The lowest BCUT2D eigenvalue weighted by atomic mass is 10.1. The third kappa shape index (κ3) is 2.84. The molecule has 5 heteroatoms. The van der Waals surface area contributed by atoms with Crippen molar-refractivity contribution in [3.63, 3.8) is 0 Å². The Hall–Kier alpha value is -1.07. The Morgan fingerprint density at radius 1 is 1.56 bits per heavy atom. The lowest BCUT2D eigenvalue weighted by molar-refractivity contribution is 0.0692. The van der Waals surface area contributed by atoms with Crippen LogP contribution in [0, 0.1) is 5.92 Å². The van der Waals surface area contributed by atoms with E-state index in [4.69, 9.17) is 5.11 Å². The number of carboxylic acid groups (broad SMARTS) is 1. The predicted octanol–water partition coefficient (Wildman–Crippen LogP) is 1.99. The molecule has 1 unspecified atom stereocenters. The topological polar surface area (TPSA) is 70.4 Å². The van der Waals surface area contributed by atoms with Crippen LogP contribution in [0.25, 0.3) is 0 Å². The first kappa shape index (κ1) is 13.4. The summed E-state index contributed by atoms with van der Waals surface area (Å²) in [6.07, 6.45) is 2.93. The monoisotopic (exact) mass is 267 g/mol. The molecule has 1 aliphatic rings. The van der Waals surface area contributed by atoms with E-state index in [2.05, 4.69) is 4.98 Å². The SMILES string of the molecule is CC(CO)CSc1nc2c(cc1C(=O)O)CCC2. The molecule has 1 heterocycles. The Morgan fingerprint density at radius 2 is 2.33 bits per heavy atom. The van der Waals surface area contributed by atoms with Crippen LogP contribution < -0.4 is 0 Å². The number of thioether (sulfide) groups is 1. The minimum absolute atomic E-state index is 0.111. The molecule has 0 aliphatic heterocycles. The number of aliphatic hydroxyl groups is 1. The van der Waals surface area contributed by atoms with E-state index in [-0.39, 0.29) is 12.5 Å². The van der Waals surface area contributed by atoms with Gasteiger partial charge in [-0.05, 0) is 36.8 Å². The van der Waals surface area contributed by atoms with Gasteiger partial charge in [0.05, 0.1) is 5.56 Å². The summed E-state index contributed by atoms with van der Waals surface area (Å²) in [5, 5.41) is 18.8. The van der Waals surface area contributed by atoms with Gasteiger partial charge in [-0.15, -0.1) is 11.8 Å². The molecular weight excluding hydrogens is 250 g/mol. The van der Waals surface area contributed by atoms with Gasteiger partial charge in [0.15, 0.2) is 0 Å². The van der Waals surface area contributed by atoms with Crippen molar-refractivity contribution in [3.8, 4) is 0 Å². The van der Waals surface area contributed by atoms with Crippen molar-refractivity contribution in [1.29, 1.82) is 0 Å². The van der Waals surface area contributed by atoms with Crippen LogP contribution in [-0.4, -0.2) is 33.5 Å². The maximum Gasteiger partial charge on any atom is 0.338 e. The first-order valence-corrected chi connectivity index (χ1v) is 7.10. The van der Waals surface area contributed by atoms with Crippen LogP contribution >= 0.6 is 11.8 Å². The van der Waals surface area contributed by atoms with Crippen molar-refractivity contribution >= 4 is 17.7 Å². The van der Waals surface area contributed by atoms with Crippen LogP contribution in [0.4, 0.5) is 0 Å². The molecule has 0 aromatic carbocycles. The maximum absolute atomic E-state index is 11.2. The molecule has 0 bridgehead atoms. The highest BCUT2D eigenvalue weighted by atomic mass is 32.2. The fourth-order valence-electron chi connectivity index (χ4n) is 1.99. The van der Waals surface area contributed by atoms with E-state index in [1.54, 1.807) is 6.07 Å². The van der Waals surface area contributed by atoms with Crippen LogP contribution in [0.3, 0.4) is 0 Å². The van der Waals surface area contributed by atoms with Crippen molar-refractivity contribution in [2.24, 2.45) is 5.92 Å². The van der Waals surface area contributed by atoms with Gasteiger partial charge in [-0.1, -0.05) is 6.92 Å². The van der Waals surface area contributed by atoms with Gasteiger partial charge in [-0.3, -0.25) is 0 Å². The zero-order valence-electron chi connectivity index (χ0n) is 10.3. The van der Waals surface area contributed by atoms with Crippen LogP contribution in [0.1, 0.15) is 35.0 Å². The molecule has 0 fully saturated rings. The number of carbonyl (C=O) groups is 1. The van der Waals surface area contributed by atoms with Gasteiger partial charge in [-0.25, -0.2) is 9.78 Å². The lowest BCUT2D eigenvalue weighted by Gasteiger charge is -2.10. The van der Waals surface area contributed by atoms with Gasteiger partial charge in [0.2, 0.25) is 0 Å². The van der Waals surface area contributed by atoms with E-state index in [1.165, 1.54) is 11.8 Å². The lowest BCUT2D eigenvalue weighted by Crippen LogP contribution is -2.07. The molecule has 0 radical (unpaired) electrons. The van der Waals surface area contributed by atoms with E-state index in [1.807, 2.05) is 6.92 Å². The highest BCUT2D eigenvalue weighted by Crippen LogP contribution is 2.29. The van der Waals surface area contributed by atoms with E-state index < -0.39 is 5.97 Å². The number of hydrogen-bond acceptors (Lipinski definition) is 4. The summed E-state index contributed by atoms with van der Waals surface area (Å²) in [5.74, 6) is -0.0919. The summed E-state index contributed by atoms with van der Waals surface area (Å²) in [6.45, 7) is 2.04. The van der Waals surface area contributed by atoms with Gasteiger partial charge < -0.3 is 10.2 Å². The molecule has 0 spiro atoms. The summed E-state index contributed by atoms with van der Waals surface area (Å²) in [5.41, 5.74) is 2.41. The Labute approximate surface area is 110 Å². The van der Waals surface area contributed by atoms with Crippen molar-refractivity contribution in [2.75, 3.05) is 12.4 Å². The normalized spacial score (nSPS) is 15.4. The Balaban J connectivity index is 2.24. The zero-order valence-corrected chi connectivity index (χ0v) is 11.2. The molecule has 1 aromatic heterocycles. The van der Waals surface area contributed by atoms with Crippen molar-refractivity contribution < 1.29 is 15.0 Å². The third-order valence-corrected chi connectivity index (χ3v) is 4.38. The molecule has 18 heavy (non-hydrogen) atoms. The van der Waals surface area contributed by atoms with Crippen molar-refractivity contribution in [3.05, 3.63) is 22.9 Å². The fraction of sp³-hybridized carbons (Fsp3) is 0.538. The number of aliphatic hydroxyl groups excluding tert-OH is 1. The molecule has 0 saturated carbocycles. The second kappa shape index (κ2) is 5.71. The number of aromatic nitrogens is 1. The van der Waals surface area contributed by atoms with E-state index in [0.717, 1.165) is 30.5 Å². The minimum Gasteiger partial charge on any atom is -0.478 e. The molecule has 2 N–H and O–H groups in total. The molecular formula is C13H17NO3S. The van der Waals surface area contributed by atoms with Crippen LogP contribution in [0.2, 0.25) is 0 Å². The number of carboxylic acids is 1. The standard InChI is InChI=1S/C13H17NO3S/c1-8(6-15)7-18-12-10(13(16)17)5-9-3-2-4-11(9)14-12/h5,8,15H,2-4,6-7H2,1H3,(H,16,17). The number of nitrogens with zero attached hydrogens (tertiary/aromatic N) is 1. The molecule has 0 amide bonds. The van der Waals surface area contributed by atoms with E-state index >= 15 is 0 Å². The van der Waals surface area contributed by atoms with Gasteiger partial charge in [0, 0.05) is 18.1 Å². The van der Waals surface area contributed by atoms with Gasteiger partial charge in [0.1, 0.15) is 5.03 Å². The van der Waals surface area contributed by atoms with Crippen LogP contribution in [0.15, 0.2) is 11.1 Å². The average molecular weight is 267 g/mol. The highest BCUT2D eigenvalue weighted by molar-refractivity contribution is 7.99. The van der Waals surface area contributed by atoms with Gasteiger partial charge >= 0.3 is 5.97 Å². The van der Waals surface area contributed by atoms with Crippen molar-refractivity contribution in [2.45, 2.75) is 31.2 Å². The Bertz CT molecular complexity index is 462. The minimum atomic E-state index is -0.920. The highest BCUT2D eigenvalue weighted by Gasteiger charge is 2.20. The first-order valence-electron chi connectivity index (χ1n) is 6.11. The number of aromatic carboxylic acids is 1. The summed E-state index contributed by atoms with van der Waals surface area (Å²) in [6, 6.07) is 1.77. The number of hydrogen-bond donors (Lipinski definition) is 2. The van der Waals surface area contributed by atoms with E-state index in [0.29, 0.717) is 16.3 Å². The molecule has 1 atom stereocenters. The fourth-order valence-corrected chi connectivity index (χ4v) is 3.01. The van der Waals surface area contributed by atoms with Gasteiger partial charge in [0.25, 0.3) is 0 Å². The number of fused-ring (bicyclic) bond motifs is 1. The second-order valence-electron chi connectivity index (χ2n) is 4.70. The number of rotatable bonds is 5. The summed E-state index contributed by atoms with van der Waals surface area (Å²) >= 11 is 1.42. The molecule has 1 aromatic rings. The number of aryl methyl sites for hydroxylation is 2. The Morgan fingerprint density at radius 3 is 3.00 bits per heavy atom. The van der Waals surface area contributed by atoms with Gasteiger partial charge in [-0.2, -0.15) is 0 Å².